The fraction of sp³-hybridized carbons (Fsp3) is 0.417. The Hall–Kier alpha value is -1.07. The van der Waals surface area contributed by atoms with Crippen molar-refractivity contribution in [3.63, 3.8) is 0 Å². The summed E-state index contributed by atoms with van der Waals surface area (Å²) in [6.07, 6.45) is 1.98. The molecule has 0 N–H and O–H groups in total. The zero-order valence-corrected chi connectivity index (χ0v) is 11.7. The van der Waals surface area contributed by atoms with Crippen molar-refractivity contribution >= 4 is 40.1 Å². The molecular formula is C12H13ClN2O2S. The lowest BCUT2D eigenvalue weighted by Gasteiger charge is -2.19. The summed E-state index contributed by atoms with van der Waals surface area (Å²) in [5.74, 6) is -0.00764. The maximum atomic E-state index is 12.0. The molecule has 1 fully saturated rings. The fourth-order valence-corrected chi connectivity index (χ4v) is 3.27. The zero-order chi connectivity index (χ0) is 13.3. The highest BCUT2D eigenvalue weighted by atomic mass is 35.5. The van der Waals surface area contributed by atoms with Crippen molar-refractivity contribution in [2.24, 2.45) is 0 Å². The molecule has 6 heteroatoms. The van der Waals surface area contributed by atoms with Gasteiger partial charge in [0.25, 0.3) is 0 Å². The second kappa shape index (κ2) is 5.28. The van der Waals surface area contributed by atoms with Crippen LogP contribution >= 0.6 is 23.4 Å². The predicted molar refractivity (Wildman–Crippen MR) is 73.0 cm³/mol. The summed E-state index contributed by atoms with van der Waals surface area (Å²) in [5, 5.41) is 0.367. The van der Waals surface area contributed by atoms with Crippen LogP contribution in [0.5, 0.6) is 0 Å². The quantitative estimate of drug-likeness (QED) is 0.783. The molecular weight excluding hydrogens is 272 g/mol. The Morgan fingerprint density at radius 1 is 1.61 bits per heavy atom. The Morgan fingerprint density at radius 3 is 2.94 bits per heavy atom. The smallest absolute Gasteiger partial charge is 0.228 e. The second-order valence-corrected chi connectivity index (χ2v) is 6.04. The van der Waals surface area contributed by atoms with Crippen LogP contribution in [0.4, 0.5) is 5.69 Å². The van der Waals surface area contributed by atoms with Gasteiger partial charge in [0.2, 0.25) is 5.91 Å². The molecule has 1 atom stereocenters. The van der Waals surface area contributed by atoms with Crippen molar-refractivity contribution in [2.75, 3.05) is 11.4 Å². The van der Waals surface area contributed by atoms with Gasteiger partial charge in [-0.2, -0.15) is 0 Å². The number of carbonyl (C=O) groups excluding carboxylic acids is 2. The van der Waals surface area contributed by atoms with Crippen molar-refractivity contribution in [2.45, 2.75) is 25.5 Å². The van der Waals surface area contributed by atoms with Gasteiger partial charge in [0.1, 0.15) is 0 Å². The van der Waals surface area contributed by atoms with Crippen LogP contribution in [0.15, 0.2) is 12.3 Å². The minimum absolute atomic E-state index is 0.00525. The molecule has 0 aliphatic carbocycles. The van der Waals surface area contributed by atoms with Gasteiger partial charge in [-0.3, -0.25) is 9.59 Å². The van der Waals surface area contributed by atoms with Gasteiger partial charge < -0.3 is 4.90 Å². The number of amides is 1. The van der Waals surface area contributed by atoms with E-state index in [1.807, 2.05) is 13.0 Å². The van der Waals surface area contributed by atoms with E-state index in [1.54, 1.807) is 11.1 Å². The monoisotopic (exact) mass is 284 g/mol. The third-order valence-electron chi connectivity index (χ3n) is 2.77. The number of hydrogen-bond acceptors (Lipinski definition) is 4. The maximum Gasteiger partial charge on any atom is 0.228 e. The Labute approximate surface area is 115 Å². The van der Waals surface area contributed by atoms with Crippen molar-refractivity contribution < 1.29 is 9.59 Å². The first-order valence-electron chi connectivity index (χ1n) is 5.57. The van der Waals surface area contributed by atoms with E-state index in [4.69, 9.17) is 11.6 Å². The molecule has 1 saturated heterocycles. The van der Waals surface area contributed by atoms with Gasteiger partial charge in [-0.05, 0) is 18.6 Å². The molecule has 0 saturated carbocycles. The number of aryl methyl sites for hydroxylation is 1. The lowest BCUT2D eigenvalue weighted by Crippen LogP contribution is -2.26. The minimum atomic E-state index is -0.00764. The average molecular weight is 285 g/mol. The molecule has 0 aromatic carbocycles. The van der Waals surface area contributed by atoms with Gasteiger partial charge in [0.05, 0.1) is 5.69 Å². The number of anilines is 1. The Morgan fingerprint density at radius 2 is 2.33 bits per heavy atom. The maximum absolute atomic E-state index is 12.0. The van der Waals surface area contributed by atoms with Crippen LogP contribution in [0.25, 0.3) is 0 Å². The van der Waals surface area contributed by atoms with Gasteiger partial charge >= 0.3 is 0 Å². The van der Waals surface area contributed by atoms with Crippen molar-refractivity contribution in [3.8, 4) is 0 Å². The molecule has 1 aromatic heterocycles. The zero-order valence-electron chi connectivity index (χ0n) is 10.1. The van der Waals surface area contributed by atoms with Gasteiger partial charge in [-0.1, -0.05) is 23.4 Å². The first kappa shape index (κ1) is 13.4. The number of pyridine rings is 1. The molecule has 18 heavy (non-hydrogen) atoms. The summed E-state index contributed by atoms with van der Waals surface area (Å²) in [5.41, 5.74) is 1.58. The Kier molecular flexibility index (Phi) is 3.92. The van der Waals surface area contributed by atoms with Gasteiger partial charge in [-0.25, -0.2) is 4.98 Å². The van der Waals surface area contributed by atoms with Crippen LogP contribution in [-0.4, -0.2) is 27.8 Å². The largest absolute Gasteiger partial charge is 0.308 e. The number of aromatic nitrogens is 1. The molecule has 2 heterocycles. The molecule has 4 nitrogen and oxygen atoms in total. The summed E-state index contributed by atoms with van der Waals surface area (Å²) < 4.78 is 0. The first-order chi connectivity index (χ1) is 8.49. The summed E-state index contributed by atoms with van der Waals surface area (Å²) in [6.45, 7) is 3.91. The van der Waals surface area contributed by atoms with E-state index in [1.165, 1.54) is 18.7 Å². The normalized spacial score (nSPS) is 19.4. The molecule has 1 aliphatic rings. The Bertz CT molecular complexity index is 487. The molecule has 1 aromatic rings. The van der Waals surface area contributed by atoms with Gasteiger partial charge in [-0.15, -0.1) is 0 Å². The molecule has 1 amide bonds. The lowest BCUT2D eigenvalue weighted by molar-refractivity contribution is -0.117. The molecule has 2 rings (SSSR count). The number of carbonyl (C=O) groups is 2. The standard InChI is InChI=1S/C12H13ClN2O2S/c1-7-3-4-14-12(13)11(7)15-6-9(5-10(15)17)18-8(2)16/h3-4,9H,5-6H2,1-2H3. The fourth-order valence-electron chi connectivity index (χ4n) is 2.05. The van der Waals surface area contributed by atoms with E-state index in [0.717, 1.165) is 5.56 Å². The number of thioether (sulfide) groups is 1. The Balaban J connectivity index is 2.24. The highest BCUT2D eigenvalue weighted by molar-refractivity contribution is 8.14. The van der Waals surface area contributed by atoms with E-state index in [-0.39, 0.29) is 16.3 Å². The molecule has 0 bridgehead atoms. The predicted octanol–water partition coefficient (Wildman–Crippen LogP) is 2.43. The molecule has 1 aliphatic heterocycles. The van der Waals surface area contributed by atoms with E-state index in [9.17, 15) is 9.59 Å². The number of nitrogens with zero attached hydrogens (tertiary/aromatic N) is 2. The van der Waals surface area contributed by atoms with Crippen molar-refractivity contribution in [1.29, 1.82) is 0 Å². The lowest BCUT2D eigenvalue weighted by atomic mass is 10.2. The van der Waals surface area contributed by atoms with Gasteiger partial charge in [0, 0.05) is 31.3 Å². The molecule has 1 unspecified atom stereocenters. The van der Waals surface area contributed by atoms with E-state index >= 15 is 0 Å². The third-order valence-corrected chi connectivity index (χ3v) is 4.03. The van der Waals surface area contributed by atoms with Crippen molar-refractivity contribution in [3.05, 3.63) is 23.0 Å². The number of halogens is 1. The molecule has 0 spiro atoms. The van der Waals surface area contributed by atoms with Crippen molar-refractivity contribution in [1.82, 2.24) is 4.98 Å². The van der Waals surface area contributed by atoms with E-state index in [2.05, 4.69) is 4.98 Å². The van der Waals surface area contributed by atoms with Gasteiger partial charge in [0.15, 0.2) is 10.3 Å². The second-order valence-electron chi connectivity index (χ2n) is 4.21. The van der Waals surface area contributed by atoms with E-state index < -0.39 is 0 Å². The highest BCUT2D eigenvalue weighted by Gasteiger charge is 2.33. The van der Waals surface area contributed by atoms with Crippen LogP contribution in [0.1, 0.15) is 18.9 Å². The van der Waals surface area contributed by atoms with Crippen LogP contribution in [-0.2, 0) is 9.59 Å². The van der Waals surface area contributed by atoms with Crippen LogP contribution in [0.2, 0.25) is 5.15 Å². The number of rotatable bonds is 2. The van der Waals surface area contributed by atoms with E-state index in [0.29, 0.717) is 23.8 Å². The summed E-state index contributed by atoms with van der Waals surface area (Å²) in [6, 6.07) is 1.82. The average Bonchev–Trinajstić information content (AvgIpc) is 2.58. The summed E-state index contributed by atoms with van der Waals surface area (Å²) in [7, 11) is 0. The molecule has 0 radical (unpaired) electrons. The van der Waals surface area contributed by atoms with Crippen LogP contribution in [0, 0.1) is 6.92 Å². The van der Waals surface area contributed by atoms with Crippen LogP contribution < -0.4 is 4.90 Å². The topological polar surface area (TPSA) is 50.3 Å². The SMILES string of the molecule is CC(=O)SC1CC(=O)N(c2c(C)ccnc2Cl)C1. The summed E-state index contributed by atoms with van der Waals surface area (Å²) in [4.78, 5) is 28.7. The highest BCUT2D eigenvalue weighted by Crippen LogP contribution is 2.34. The summed E-state index contributed by atoms with van der Waals surface area (Å²) >= 11 is 7.26. The molecule has 96 valence electrons. The first-order valence-corrected chi connectivity index (χ1v) is 6.83. The minimum Gasteiger partial charge on any atom is -0.308 e. The van der Waals surface area contributed by atoms with Crippen LogP contribution in [0.3, 0.4) is 0 Å². The third kappa shape index (κ3) is 2.67. The number of hydrogen-bond donors (Lipinski definition) is 0.